The number of nitrogens with zero attached hydrogens (tertiary/aromatic N) is 3. The molecule has 0 rings (SSSR count). The van der Waals surface area contributed by atoms with Crippen molar-refractivity contribution >= 4 is 17.9 Å². The summed E-state index contributed by atoms with van der Waals surface area (Å²) in [7, 11) is 1.68. The summed E-state index contributed by atoms with van der Waals surface area (Å²) >= 11 is 0. The van der Waals surface area contributed by atoms with Crippen molar-refractivity contribution < 1.29 is 19.1 Å². The van der Waals surface area contributed by atoms with Crippen molar-refractivity contribution in [2.45, 2.75) is 245 Å². The van der Waals surface area contributed by atoms with Gasteiger partial charge in [-0.3, -0.25) is 14.6 Å². The lowest BCUT2D eigenvalue weighted by atomic mass is 10.0. The SMILES string of the molecule is [C-]#[N+]NC(=NC)NCCCN(CCCCCCCC(=O)OCCCCCCCCC)CCCCCCCC(=O)OC(CCCCCCCC)CCCCCCCC. The summed E-state index contributed by atoms with van der Waals surface area (Å²) in [4.78, 5) is 34.8. The average molecular weight is 804 g/mol. The molecule has 9 heteroatoms. The third-order valence-corrected chi connectivity index (χ3v) is 11.1. The van der Waals surface area contributed by atoms with Crippen LogP contribution in [-0.4, -0.2) is 68.7 Å². The van der Waals surface area contributed by atoms with E-state index in [0.29, 0.717) is 25.4 Å². The Morgan fingerprint density at radius 1 is 0.561 bits per heavy atom. The van der Waals surface area contributed by atoms with Crippen molar-refractivity contribution in [2.24, 2.45) is 4.99 Å². The van der Waals surface area contributed by atoms with E-state index < -0.39 is 0 Å². The topological polar surface area (TPSA) is 96.6 Å². The van der Waals surface area contributed by atoms with E-state index in [4.69, 9.17) is 16.0 Å². The van der Waals surface area contributed by atoms with E-state index in [0.717, 1.165) is 103 Å². The fraction of sp³-hybridized carbons (Fsp3) is 0.917. The van der Waals surface area contributed by atoms with Crippen LogP contribution in [0.1, 0.15) is 239 Å². The van der Waals surface area contributed by atoms with E-state index in [1.165, 1.54) is 128 Å². The number of nitrogens with one attached hydrogen (secondary N) is 2. The fourth-order valence-corrected chi connectivity index (χ4v) is 7.47. The van der Waals surface area contributed by atoms with Crippen LogP contribution in [0.25, 0.3) is 4.95 Å². The van der Waals surface area contributed by atoms with Crippen LogP contribution in [0.15, 0.2) is 4.99 Å². The molecule has 0 amide bonds. The summed E-state index contributed by atoms with van der Waals surface area (Å²) in [6.45, 7) is 18.3. The van der Waals surface area contributed by atoms with E-state index in [-0.39, 0.29) is 18.0 Å². The van der Waals surface area contributed by atoms with Crippen LogP contribution in [0.2, 0.25) is 0 Å². The number of aliphatic imine (C=N–C) groups is 1. The highest BCUT2D eigenvalue weighted by Crippen LogP contribution is 2.18. The van der Waals surface area contributed by atoms with Gasteiger partial charge in [0, 0.05) is 26.4 Å². The average Bonchev–Trinajstić information content (AvgIpc) is 3.21. The number of hydrogen-bond donors (Lipinski definition) is 2. The Kier molecular flexibility index (Phi) is 42.9. The first kappa shape index (κ1) is 54.7. The van der Waals surface area contributed by atoms with Gasteiger partial charge in [-0.2, -0.15) is 11.5 Å². The highest BCUT2D eigenvalue weighted by atomic mass is 16.5. The molecule has 0 saturated carbocycles. The molecule has 0 unspecified atom stereocenters. The second-order valence-electron chi connectivity index (χ2n) is 16.5. The third-order valence-electron chi connectivity index (χ3n) is 11.1. The molecule has 334 valence electrons. The molecule has 0 spiro atoms. The first-order valence-electron chi connectivity index (χ1n) is 24.4. The van der Waals surface area contributed by atoms with Gasteiger partial charge in [0.1, 0.15) is 6.10 Å². The maximum Gasteiger partial charge on any atom is 0.306 e. The Labute approximate surface area is 353 Å². The summed E-state index contributed by atoms with van der Waals surface area (Å²) in [5.74, 6) is 0.501. The van der Waals surface area contributed by atoms with Crippen LogP contribution in [0.3, 0.4) is 0 Å². The molecule has 0 aliphatic carbocycles. The number of rotatable bonds is 43. The maximum atomic E-state index is 12.8. The van der Waals surface area contributed by atoms with Gasteiger partial charge in [0.05, 0.1) is 6.61 Å². The summed E-state index contributed by atoms with van der Waals surface area (Å²) < 4.78 is 11.5. The molecular weight excluding hydrogens is 711 g/mol. The summed E-state index contributed by atoms with van der Waals surface area (Å²) in [5, 5.41) is 3.23. The summed E-state index contributed by atoms with van der Waals surface area (Å²) in [6, 6.07) is 0. The Hall–Kier alpha value is -2.34. The van der Waals surface area contributed by atoms with Crippen LogP contribution < -0.4 is 10.7 Å². The molecule has 57 heavy (non-hydrogen) atoms. The van der Waals surface area contributed by atoms with E-state index >= 15 is 0 Å². The molecule has 0 fully saturated rings. The standard InChI is InChI=1S/C48H93N5O4/c1-6-9-12-15-18-27-34-44-56-46(54)38-30-23-19-25-32-41-53(43-35-40-51-48(49-4)52-50-5)42-33-26-20-24-31-39-47(55)57-45(36-28-21-16-13-10-7-2)37-29-22-17-14-11-8-3/h45H,6-44H2,1-4H3,(H2,49,51,52). The molecule has 0 atom stereocenters. The van der Waals surface area contributed by atoms with Crippen molar-refractivity contribution in [2.75, 3.05) is 39.8 Å². The first-order chi connectivity index (χ1) is 28.0. The lowest BCUT2D eigenvalue weighted by Gasteiger charge is -2.22. The minimum Gasteiger partial charge on any atom is -0.466 e. The third kappa shape index (κ3) is 40.2. The highest BCUT2D eigenvalue weighted by Gasteiger charge is 2.14. The quantitative estimate of drug-likeness (QED) is 0.0158. The van der Waals surface area contributed by atoms with Crippen molar-refractivity contribution in [3.8, 4) is 0 Å². The zero-order valence-electron chi connectivity index (χ0n) is 38.1. The number of carbonyl (C=O) groups excluding carboxylic acids is 2. The normalized spacial score (nSPS) is 11.6. The Morgan fingerprint density at radius 3 is 1.47 bits per heavy atom. The fourth-order valence-electron chi connectivity index (χ4n) is 7.47. The van der Waals surface area contributed by atoms with Gasteiger partial charge in [-0.15, -0.1) is 0 Å². The van der Waals surface area contributed by atoms with Crippen molar-refractivity contribution in [3.05, 3.63) is 11.5 Å². The molecule has 2 N–H and O–H groups in total. The molecule has 0 radical (unpaired) electrons. The monoisotopic (exact) mass is 804 g/mol. The number of esters is 2. The lowest BCUT2D eigenvalue weighted by Crippen LogP contribution is -2.36. The minimum atomic E-state index is -0.0326. The molecular formula is C48H93N5O4. The Bertz CT molecular complexity index is 940. The van der Waals surface area contributed by atoms with Gasteiger partial charge in [0.15, 0.2) is 0 Å². The highest BCUT2D eigenvalue weighted by molar-refractivity contribution is 5.80. The molecule has 0 aliphatic rings. The number of ether oxygens (including phenoxy) is 2. The van der Waals surface area contributed by atoms with Gasteiger partial charge in [-0.1, -0.05) is 167 Å². The molecule has 0 aromatic rings. The lowest BCUT2D eigenvalue weighted by molar-refractivity contribution is -0.150. The predicted octanol–water partition coefficient (Wildman–Crippen LogP) is 13.1. The second-order valence-corrected chi connectivity index (χ2v) is 16.5. The molecule has 0 heterocycles. The van der Waals surface area contributed by atoms with E-state index in [1.54, 1.807) is 7.05 Å². The number of carbonyl (C=O) groups is 2. The van der Waals surface area contributed by atoms with Crippen molar-refractivity contribution in [1.82, 2.24) is 15.6 Å². The number of unbranched alkanes of at least 4 members (excludes halogenated alkanes) is 24. The van der Waals surface area contributed by atoms with E-state index in [2.05, 4.69) is 46.4 Å². The molecule has 0 aromatic carbocycles. The van der Waals surface area contributed by atoms with Gasteiger partial charge in [-0.05, 0) is 83.8 Å². The first-order valence-corrected chi connectivity index (χ1v) is 24.4. The molecule has 0 bridgehead atoms. The van der Waals surface area contributed by atoms with Gasteiger partial charge in [0.2, 0.25) is 0 Å². The van der Waals surface area contributed by atoms with E-state index in [9.17, 15) is 9.59 Å². The van der Waals surface area contributed by atoms with E-state index in [1.807, 2.05) is 0 Å². The zero-order chi connectivity index (χ0) is 41.7. The minimum absolute atomic E-state index is 0.0124. The number of guanidine groups is 1. The van der Waals surface area contributed by atoms with Crippen LogP contribution in [0, 0.1) is 6.57 Å². The largest absolute Gasteiger partial charge is 0.466 e. The Morgan fingerprint density at radius 2 is 0.982 bits per heavy atom. The smallest absolute Gasteiger partial charge is 0.306 e. The van der Waals surface area contributed by atoms with Gasteiger partial charge in [-0.25, -0.2) is 0 Å². The van der Waals surface area contributed by atoms with Crippen molar-refractivity contribution in [1.29, 1.82) is 0 Å². The molecule has 0 aromatic heterocycles. The van der Waals surface area contributed by atoms with Crippen molar-refractivity contribution in [3.63, 3.8) is 0 Å². The van der Waals surface area contributed by atoms with Crippen LogP contribution in [0.5, 0.6) is 0 Å². The van der Waals surface area contributed by atoms with Gasteiger partial charge in [0.25, 0.3) is 5.96 Å². The van der Waals surface area contributed by atoms with Crippen LogP contribution >= 0.6 is 0 Å². The summed E-state index contributed by atoms with van der Waals surface area (Å²) in [5.41, 5.74) is 2.57. The zero-order valence-corrected chi connectivity index (χ0v) is 38.1. The summed E-state index contributed by atoms with van der Waals surface area (Å²) in [6.07, 6.45) is 39.2. The second kappa shape index (κ2) is 44.8. The predicted molar refractivity (Wildman–Crippen MR) is 242 cm³/mol. The number of hydrogen-bond acceptors (Lipinski definition) is 6. The molecule has 0 saturated heterocycles. The molecule has 9 nitrogen and oxygen atoms in total. The van der Waals surface area contributed by atoms with Crippen LogP contribution in [-0.2, 0) is 19.1 Å². The van der Waals surface area contributed by atoms with Gasteiger partial charge >= 0.3 is 11.9 Å². The van der Waals surface area contributed by atoms with Gasteiger partial charge < -0.3 is 19.7 Å². The Balaban J connectivity index is 4.41. The van der Waals surface area contributed by atoms with Crippen LogP contribution in [0.4, 0.5) is 0 Å². The maximum absolute atomic E-state index is 12.8. The molecule has 0 aliphatic heterocycles.